The van der Waals surface area contributed by atoms with Gasteiger partial charge in [-0.05, 0) is 49.2 Å². The molecule has 3 aromatic rings. The molecule has 1 saturated heterocycles. The number of nitro benzene ring substituents is 1. The van der Waals surface area contributed by atoms with Crippen molar-refractivity contribution in [3.8, 4) is 5.69 Å². The lowest BCUT2D eigenvalue weighted by molar-refractivity contribution is -0.384. The Morgan fingerprint density at radius 3 is 2.56 bits per heavy atom. The largest absolute Gasteiger partial charge is 0.312 e. The maximum Gasteiger partial charge on any atom is 0.269 e. The molecule has 2 aliphatic rings. The lowest BCUT2D eigenvalue weighted by atomic mass is 10.1. The standard InChI is InChI=1S/C24H23N5O4S/c1-14-3-4-19(9-15(14)2)27-11-16(10-22(27)30)24(31)25-23-20-12-34-13-21(20)26-28(23)17-5-7-18(8-6-17)29(32)33/h3-9,16H,10-13H2,1-2H3,(H,25,31). The monoisotopic (exact) mass is 477 g/mol. The number of anilines is 2. The summed E-state index contributed by atoms with van der Waals surface area (Å²) < 4.78 is 1.63. The van der Waals surface area contributed by atoms with Gasteiger partial charge in [-0.3, -0.25) is 19.7 Å². The molecule has 3 heterocycles. The number of aryl methyl sites for hydroxylation is 2. The zero-order chi connectivity index (χ0) is 24.0. The van der Waals surface area contributed by atoms with Crippen molar-refractivity contribution >= 4 is 40.8 Å². The first-order valence-electron chi connectivity index (χ1n) is 10.9. The van der Waals surface area contributed by atoms with Crippen LogP contribution in [0.3, 0.4) is 0 Å². The van der Waals surface area contributed by atoms with Gasteiger partial charge in [0.25, 0.3) is 5.69 Å². The zero-order valence-corrected chi connectivity index (χ0v) is 19.6. The van der Waals surface area contributed by atoms with Gasteiger partial charge in [0.05, 0.1) is 22.2 Å². The minimum atomic E-state index is -0.487. The van der Waals surface area contributed by atoms with E-state index in [2.05, 4.69) is 10.4 Å². The van der Waals surface area contributed by atoms with E-state index in [9.17, 15) is 19.7 Å². The van der Waals surface area contributed by atoms with Crippen molar-refractivity contribution in [2.24, 2.45) is 5.92 Å². The Labute approximate surface area is 200 Å². The highest BCUT2D eigenvalue weighted by atomic mass is 32.2. The molecular formula is C24H23N5O4S. The summed E-state index contributed by atoms with van der Waals surface area (Å²) in [6.45, 7) is 4.34. The molecule has 0 bridgehead atoms. The summed E-state index contributed by atoms with van der Waals surface area (Å²) >= 11 is 1.72. The number of aromatic nitrogens is 2. The van der Waals surface area contributed by atoms with E-state index in [1.807, 2.05) is 32.0 Å². The van der Waals surface area contributed by atoms with Gasteiger partial charge in [-0.15, -0.1) is 0 Å². The van der Waals surface area contributed by atoms with Crippen LogP contribution in [0, 0.1) is 29.9 Å². The maximum absolute atomic E-state index is 13.3. The molecular weight excluding hydrogens is 454 g/mol. The van der Waals surface area contributed by atoms with Gasteiger partial charge < -0.3 is 10.2 Å². The first-order valence-corrected chi connectivity index (χ1v) is 12.1. The summed E-state index contributed by atoms with van der Waals surface area (Å²) in [5, 5.41) is 18.7. The fourth-order valence-corrected chi connectivity index (χ4v) is 5.32. The third-order valence-corrected chi connectivity index (χ3v) is 7.37. The SMILES string of the molecule is Cc1ccc(N2CC(C(=O)Nc3c4c(nn3-c3ccc([N+](=O)[O-])cc3)CSC4)CC2=O)cc1C. The number of non-ortho nitro benzene ring substituents is 1. The van der Waals surface area contributed by atoms with E-state index in [-0.39, 0.29) is 23.9 Å². The van der Waals surface area contributed by atoms with Crippen LogP contribution in [0.2, 0.25) is 0 Å². The molecule has 0 aliphatic carbocycles. The van der Waals surface area contributed by atoms with Crippen molar-refractivity contribution in [2.45, 2.75) is 31.8 Å². The van der Waals surface area contributed by atoms with Crippen molar-refractivity contribution in [1.82, 2.24) is 9.78 Å². The molecule has 9 nitrogen and oxygen atoms in total. The predicted octanol–water partition coefficient (Wildman–Crippen LogP) is 4.14. The number of hydrogen-bond acceptors (Lipinski definition) is 6. The van der Waals surface area contributed by atoms with Gasteiger partial charge in [0.2, 0.25) is 11.8 Å². The van der Waals surface area contributed by atoms with E-state index >= 15 is 0 Å². The van der Waals surface area contributed by atoms with Crippen molar-refractivity contribution in [3.63, 3.8) is 0 Å². The molecule has 2 aliphatic heterocycles. The number of benzene rings is 2. The Balaban J connectivity index is 1.39. The molecule has 1 unspecified atom stereocenters. The van der Waals surface area contributed by atoms with Crippen LogP contribution in [-0.4, -0.2) is 33.1 Å². The van der Waals surface area contributed by atoms with E-state index in [1.54, 1.807) is 33.5 Å². The van der Waals surface area contributed by atoms with Crippen LogP contribution in [0.15, 0.2) is 42.5 Å². The van der Waals surface area contributed by atoms with E-state index in [4.69, 9.17) is 0 Å². The highest BCUT2D eigenvalue weighted by molar-refractivity contribution is 7.98. The van der Waals surface area contributed by atoms with E-state index < -0.39 is 10.8 Å². The first-order chi connectivity index (χ1) is 16.3. The number of carbonyl (C=O) groups excluding carboxylic acids is 2. The second-order valence-corrected chi connectivity index (χ2v) is 9.60. The van der Waals surface area contributed by atoms with Gasteiger partial charge in [0.1, 0.15) is 5.82 Å². The van der Waals surface area contributed by atoms with E-state index in [0.717, 1.165) is 39.6 Å². The number of amides is 2. The van der Waals surface area contributed by atoms with E-state index in [1.165, 1.54) is 12.1 Å². The number of nitrogens with one attached hydrogen (secondary N) is 1. The maximum atomic E-state index is 13.3. The van der Waals surface area contributed by atoms with Gasteiger partial charge in [0, 0.05) is 47.9 Å². The molecule has 1 fully saturated rings. The van der Waals surface area contributed by atoms with Crippen molar-refractivity contribution in [2.75, 3.05) is 16.8 Å². The molecule has 0 radical (unpaired) electrons. The second kappa shape index (κ2) is 8.60. The van der Waals surface area contributed by atoms with Crippen molar-refractivity contribution in [1.29, 1.82) is 0 Å². The quantitative estimate of drug-likeness (QED) is 0.437. The predicted molar refractivity (Wildman–Crippen MR) is 130 cm³/mol. The van der Waals surface area contributed by atoms with Crippen LogP contribution >= 0.6 is 11.8 Å². The Bertz CT molecular complexity index is 1320. The van der Waals surface area contributed by atoms with Gasteiger partial charge in [-0.2, -0.15) is 16.9 Å². The number of nitrogens with zero attached hydrogens (tertiary/aromatic N) is 4. The average molecular weight is 478 g/mol. The van der Waals surface area contributed by atoms with E-state index in [0.29, 0.717) is 18.1 Å². The molecule has 1 aromatic heterocycles. The Kier molecular flexibility index (Phi) is 5.60. The second-order valence-electron chi connectivity index (χ2n) is 8.62. The van der Waals surface area contributed by atoms with Crippen molar-refractivity contribution in [3.05, 3.63) is 75.0 Å². The molecule has 5 rings (SSSR count). The summed E-state index contributed by atoms with van der Waals surface area (Å²) in [6, 6.07) is 11.9. The molecule has 34 heavy (non-hydrogen) atoms. The number of fused-ring (bicyclic) bond motifs is 1. The molecule has 1 N–H and O–H groups in total. The van der Waals surface area contributed by atoms with Gasteiger partial charge >= 0.3 is 0 Å². The highest BCUT2D eigenvalue weighted by Gasteiger charge is 2.36. The van der Waals surface area contributed by atoms with Crippen LogP contribution in [0.25, 0.3) is 5.69 Å². The fraction of sp³-hybridized carbons (Fsp3) is 0.292. The van der Waals surface area contributed by atoms with Crippen LogP contribution in [-0.2, 0) is 21.1 Å². The Hall–Kier alpha value is -3.66. The molecule has 1 atom stereocenters. The molecule has 2 amide bonds. The number of carbonyl (C=O) groups is 2. The third-order valence-electron chi connectivity index (χ3n) is 6.40. The summed E-state index contributed by atoms with van der Waals surface area (Å²) in [6.07, 6.45) is 0.140. The van der Waals surface area contributed by atoms with Crippen LogP contribution in [0.5, 0.6) is 0 Å². The van der Waals surface area contributed by atoms with Crippen LogP contribution in [0.4, 0.5) is 17.2 Å². The van der Waals surface area contributed by atoms with Gasteiger partial charge in [-0.25, -0.2) is 4.68 Å². The highest BCUT2D eigenvalue weighted by Crippen LogP contribution is 2.37. The summed E-state index contributed by atoms with van der Waals surface area (Å²) in [7, 11) is 0. The average Bonchev–Trinajstić information content (AvgIpc) is 3.51. The first kappa shape index (κ1) is 22.1. The van der Waals surface area contributed by atoms with Crippen molar-refractivity contribution < 1.29 is 14.5 Å². The Morgan fingerprint density at radius 2 is 1.85 bits per heavy atom. The lowest BCUT2D eigenvalue weighted by Gasteiger charge is -2.18. The summed E-state index contributed by atoms with van der Waals surface area (Å²) in [5.74, 6) is 1.22. The Morgan fingerprint density at radius 1 is 1.12 bits per heavy atom. The third kappa shape index (κ3) is 3.94. The number of nitro groups is 1. The van der Waals surface area contributed by atoms with Gasteiger partial charge in [-0.1, -0.05) is 6.07 Å². The minimum Gasteiger partial charge on any atom is -0.312 e. The normalized spacial score (nSPS) is 17.2. The molecule has 10 heteroatoms. The number of rotatable bonds is 5. The number of hydrogen-bond donors (Lipinski definition) is 1. The molecule has 0 spiro atoms. The van der Waals surface area contributed by atoms with Gasteiger partial charge in [0.15, 0.2) is 0 Å². The molecule has 0 saturated carbocycles. The van der Waals surface area contributed by atoms with Crippen LogP contribution in [0.1, 0.15) is 28.8 Å². The minimum absolute atomic E-state index is 0.0134. The summed E-state index contributed by atoms with van der Waals surface area (Å²) in [4.78, 5) is 38.2. The molecule has 174 valence electrons. The van der Waals surface area contributed by atoms with Crippen LogP contribution < -0.4 is 10.2 Å². The molecule has 2 aromatic carbocycles. The smallest absolute Gasteiger partial charge is 0.269 e. The zero-order valence-electron chi connectivity index (χ0n) is 18.8. The topological polar surface area (TPSA) is 110 Å². The summed E-state index contributed by atoms with van der Waals surface area (Å²) in [5.41, 5.74) is 5.50. The fourth-order valence-electron chi connectivity index (χ4n) is 4.29. The number of thioether (sulfide) groups is 1. The lowest BCUT2D eigenvalue weighted by Crippen LogP contribution is -2.29.